The lowest BCUT2D eigenvalue weighted by atomic mass is 10.0. The second-order valence-electron chi connectivity index (χ2n) is 6.32. The predicted octanol–water partition coefficient (Wildman–Crippen LogP) is 1.82. The van der Waals surface area contributed by atoms with Crippen molar-refractivity contribution in [3.05, 3.63) is 34.1 Å². The summed E-state index contributed by atoms with van der Waals surface area (Å²) in [6.07, 6.45) is -0.981. The van der Waals surface area contributed by atoms with Crippen molar-refractivity contribution in [2.45, 2.75) is 46.0 Å². The van der Waals surface area contributed by atoms with Gasteiger partial charge in [-0.15, -0.1) is 0 Å². The Morgan fingerprint density at radius 2 is 2.07 bits per heavy atom. The number of ether oxygens (including phenoxy) is 2. The lowest BCUT2D eigenvalue weighted by molar-refractivity contribution is -0.155. The molecule has 1 aromatic carbocycles. The van der Waals surface area contributed by atoms with Gasteiger partial charge >= 0.3 is 0 Å². The normalized spacial score (nSPS) is 22.3. The van der Waals surface area contributed by atoms with Crippen molar-refractivity contribution >= 4 is 17.5 Å². The number of primary amides is 1. The molecule has 7 nitrogen and oxygen atoms in total. The van der Waals surface area contributed by atoms with Crippen molar-refractivity contribution in [2.75, 3.05) is 26.3 Å². The van der Waals surface area contributed by atoms with Crippen LogP contribution in [0.4, 0.5) is 4.39 Å². The Hall–Kier alpha value is -1.29. The van der Waals surface area contributed by atoms with E-state index >= 15 is 0 Å². The van der Waals surface area contributed by atoms with Gasteiger partial charge in [0.2, 0.25) is 5.91 Å². The first-order valence-electron chi connectivity index (χ1n) is 8.95. The van der Waals surface area contributed by atoms with E-state index in [1.165, 1.54) is 12.1 Å². The number of halogens is 2. The van der Waals surface area contributed by atoms with Gasteiger partial charge in [0.05, 0.1) is 13.2 Å². The molecule has 0 saturated carbocycles. The molecule has 9 heteroatoms. The number of carbonyl (C=O) groups is 1. The number of amides is 1. The van der Waals surface area contributed by atoms with Gasteiger partial charge in [0, 0.05) is 36.4 Å². The van der Waals surface area contributed by atoms with Gasteiger partial charge in [-0.25, -0.2) is 9.29 Å². The van der Waals surface area contributed by atoms with E-state index in [9.17, 15) is 14.3 Å². The molecule has 1 aliphatic heterocycles. The highest BCUT2D eigenvalue weighted by Gasteiger charge is 2.44. The molecule has 27 heavy (non-hydrogen) atoms. The van der Waals surface area contributed by atoms with Crippen LogP contribution in [0.25, 0.3) is 0 Å². The minimum absolute atomic E-state index is 0.0324. The highest BCUT2D eigenvalue weighted by molar-refractivity contribution is 6.31. The summed E-state index contributed by atoms with van der Waals surface area (Å²) in [7, 11) is 0. The van der Waals surface area contributed by atoms with Crippen LogP contribution in [0, 0.1) is 5.82 Å². The molecule has 3 N–H and O–H groups in total. The van der Waals surface area contributed by atoms with Crippen molar-refractivity contribution < 1.29 is 23.8 Å². The van der Waals surface area contributed by atoms with Crippen LogP contribution in [0.1, 0.15) is 37.9 Å². The largest absolute Gasteiger partial charge is 0.392 e. The van der Waals surface area contributed by atoms with Gasteiger partial charge in [0.1, 0.15) is 12.0 Å². The van der Waals surface area contributed by atoms with Crippen LogP contribution in [-0.4, -0.2) is 59.7 Å². The Morgan fingerprint density at radius 1 is 1.41 bits per heavy atom. The molecule has 1 aromatic rings. The summed E-state index contributed by atoms with van der Waals surface area (Å²) in [5.74, 6) is -0.981. The second kappa shape index (κ2) is 9.77. The van der Waals surface area contributed by atoms with Crippen molar-refractivity contribution in [2.24, 2.45) is 5.73 Å². The fourth-order valence-electron chi connectivity index (χ4n) is 3.44. The fraction of sp³-hybridized carbons (Fsp3) is 0.611. The van der Waals surface area contributed by atoms with E-state index in [0.29, 0.717) is 30.9 Å². The third-order valence-electron chi connectivity index (χ3n) is 4.62. The number of benzene rings is 1. The van der Waals surface area contributed by atoms with Gasteiger partial charge in [-0.1, -0.05) is 11.6 Å². The summed E-state index contributed by atoms with van der Waals surface area (Å²) in [5.41, 5.74) is 6.42. The summed E-state index contributed by atoms with van der Waals surface area (Å²) in [4.78, 5) is 15.2. The maximum absolute atomic E-state index is 14.0. The van der Waals surface area contributed by atoms with Crippen molar-refractivity contribution in [1.29, 1.82) is 0 Å². The second-order valence-corrected chi connectivity index (χ2v) is 6.72. The highest BCUT2D eigenvalue weighted by atomic mass is 35.5. The Bertz CT molecular complexity index is 664. The van der Waals surface area contributed by atoms with Crippen LogP contribution in [0.3, 0.4) is 0 Å². The maximum Gasteiger partial charge on any atom is 0.231 e. The molecular formula is C18H27ClFN3O4. The van der Waals surface area contributed by atoms with E-state index < -0.39 is 24.3 Å². The van der Waals surface area contributed by atoms with Gasteiger partial charge in [-0.3, -0.25) is 9.69 Å². The Kier molecular flexibility index (Phi) is 7.96. The van der Waals surface area contributed by atoms with Gasteiger partial charge in [-0.05, 0) is 38.5 Å². The standard InChI is InChI=1S/C18H27ClFN3O4/c1-4-26-17-9-22(18(27-5-2)23(17)8-16(21)25)11(3)13-6-12(20)7-15(19)14(13)10-24/h6-7,11,17-18,24H,4-5,8-10H2,1-3H3,(H2,21,25)/t11-,17-,18-/m0/s1. The molecule has 1 heterocycles. The van der Waals surface area contributed by atoms with Crippen LogP contribution >= 0.6 is 11.6 Å². The van der Waals surface area contributed by atoms with Crippen LogP contribution < -0.4 is 5.73 Å². The third-order valence-corrected chi connectivity index (χ3v) is 4.96. The summed E-state index contributed by atoms with van der Waals surface area (Å²) in [6, 6.07) is 2.19. The smallest absolute Gasteiger partial charge is 0.231 e. The lowest BCUT2D eigenvalue weighted by Crippen LogP contribution is -2.47. The number of hydrogen-bond acceptors (Lipinski definition) is 6. The SMILES string of the molecule is CCO[C@@H]1N(CC(N)=O)[C@@H](OCC)CN1[C@@H](C)c1cc(F)cc(Cl)c1CO. The summed E-state index contributed by atoms with van der Waals surface area (Å²) in [5, 5.41) is 9.87. The molecule has 1 aliphatic rings. The summed E-state index contributed by atoms with van der Waals surface area (Å²) in [6.45, 7) is 6.51. The number of hydrogen-bond donors (Lipinski definition) is 2. The highest BCUT2D eigenvalue weighted by Crippen LogP contribution is 2.35. The number of aliphatic hydroxyl groups is 1. The number of nitrogens with two attached hydrogens (primary N) is 1. The summed E-state index contributed by atoms with van der Waals surface area (Å²) >= 11 is 6.11. The molecule has 2 rings (SSSR count). The minimum Gasteiger partial charge on any atom is -0.392 e. The zero-order chi connectivity index (χ0) is 20.1. The minimum atomic E-state index is -0.581. The van der Waals surface area contributed by atoms with Gasteiger partial charge < -0.3 is 20.3 Å². The van der Waals surface area contributed by atoms with Crippen LogP contribution in [0.5, 0.6) is 0 Å². The Balaban J connectivity index is 2.41. The van der Waals surface area contributed by atoms with Crippen molar-refractivity contribution in [1.82, 2.24) is 9.80 Å². The van der Waals surface area contributed by atoms with E-state index in [0.717, 1.165) is 0 Å². The quantitative estimate of drug-likeness (QED) is 0.654. The Morgan fingerprint density at radius 3 is 2.63 bits per heavy atom. The van der Waals surface area contributed by atoms with Gasteiger partial charge in [0.15, 0.2) is 6.35 Å². The monoisotopic (exact) mass is 403 g/mol. The first kappa shape index (κ1) is 22.0. The zero-order valence-electron chi connectivity index (χ0n) is 15.8. The van der Waals surface area contributed by atoms with Crippen molar-refractivity contribution in [3.8, 4) is 0 Å². The first-order chi connectivity index (χ1) is 12.8. The predicted molar refractivity (Wildman–Crippen MR) is 99.2 cm³/mol. The van der Waals surface area contributed by atoms with Crippen LogP contribution in [0.2, 0.25) is 5.02 Å². The number of aliphatic hydroxyl groups excluding tert-OH is 1. The molecule has 1 saturated heterocycles. The fourth-order valence-corrected chi connectivity index (χ4v) is 3.71. The lowest BCUT2D eigenvalue weighted by Gasteiger charge is -2.34. The summed E-state index contributed by atoms with van der Waals surface area (Å²) < 4.78 is 25.6. The molecule has 0 unspecified atom stereocenters. The Labute approximate surface area is 163 Å². The molecule has 3 atom stereocenters. The number of rotatable bonds is 9. The van der Waals surface area contributed by atoms with E-state index in [2.05, 4.69) is 0 Å². The average molecular weight is 404 g/mol. The molecule has 0 aliphatic carbocycles. The molecule has 152 valence electrons. The molecule has 1 amide bonds. The molecular weight excluding hydrogens is 377 g/mol. The topological polar surface area (TPSA) is 88.3 Å². The van der Waals surface area contributed by atoms with Gasteiger partial charge in [-0.2, -0.15) is 0 Å². The third kappa shape index (κ3) is 4.96. The number of nitrogens with zero attached hydrogens (tertiary/aromatic N) is 2. The first-order valence-corrected chi connectivity index (χ1v) is 9.33. The molecule has 0 bridgehead atoms. The van der Waals surface area contributed by atoms with E-state index in [4.69, 9.17) is 26.8 Å². The van der Waals surface area contributed by atoms with E-state index in [1.807, 2.05) is 25.7 Å². The van der Waals surface area contributed by atoms with Crippen LogP contribution in [0.15, 0.2) is 12.1 Å². The molecule has 0 radical (unpaired) electrons. The van der Waals surface area contributed by atoms with Gasteiger partial charge in [0.25, 0.3) is 0 Å². The van der Waals surface area contributed by atoms with Crippen LogP contribution in [-0.2, 0) is 20.9 Å². The average Bonchev–Trinajstić information content (AvgIpc) is 2.91. The maximum atomic E-state index is 14.0. The molecule has 0 aromatic heterocycles. The van der Waals surface area contributed by atoms with Crippen molar-refractivity contribution in [3.63, 3.8) is 0 Å². The number of carbonyl (C=O) groups excluding carboxylic acids is 1. The molecule has 1 fully saturated rings. The zero-order valence-corrected chi connectivity index (χ0v) is 16.6. The van der Waals surface area contributed by atoms with E-state index in [1.54, 1.807) is 4.90 Å². The molecule has 0 spiro atoms. The van der Waals surface area contributed by atoms with E-state index in [-0.39, 0.29) is 24.2 Å².